The third kappa shape index (κ3) is 2.26. The highest BCUT2D eigenvalue weighted by Gasteiger charge is 2.11. The van der Waals surface area contributed by atoms with Crippen LogP contribution in [-0.2, 0) is 6.42 Å². The molecule has 1 aromatic heterocycles. The second-order valence-corrected chi connectivity index (χ2v) is 4.75. The summed E-state index contributed by atoms with van der Waals surface area (Å²) in [6, 6.07) is 7.92. The average Bonchev–Trinajstić information content (AvgIpc) is 2.65. The summed E-state index contributed by atoms with van der Waals surface area (Å²) in [4.78, 5) is 12.2. The zero-order valence-corrected chi connectivity index (χ0v) is 11.3. The topological polar surface area (TPSA) is 37.8 Å². The zero-order chi connectivity index (χ0) is 13.1. The van der Waals surface area contributed by atoms with Crippen LogP contribution in [0.4, 0.5) is 0 Å². The summed E-state index contributed by atoms with van der Waals surface area (Å²) in [5, 5.41) is 3.25. The van der Waals surface area contributed by atoms with Crippen molar-refractivity contribution in [2.24, 2.45) is 0 Å². The van der Waals surface area contributed by atoms with E-state index in [0.29, 0.717) is 0 Å². The number of unbranched alkanes of at least 4 members (excludes halogenated alkanes) is 1. The van der Waals surface area contributed by atoms with Crippen LogP contribution in [0.25, 0.3) is 5.69 Å². The van der Waals surface area contributed by atoms with Crippen molar-refractivity contribution in [1.29, 1.82) is 0 Å². The van der Waals surface area contributed by atoms with E-state index in [1.54, 1.807) is 4.68 Å². The number of hydrogen-bond acceptors (Lipinski definition) is 1. The normalized spacial score (nSPS) is 10.8. The molecule has 96 valence electrons. The Morgan fingerprint density at radius 3 is 2.61 bits per heavy atom. The van der Waals surface area contributed by atoms with Gasteiger partial charge in [-0.3, -0.25) is 9.89 Å². The van der Waals surface area contributed by atoms with E-state index in [1.165, 1.54) is 0 Å². The molecule has 0 radical (unpaired) electrons. The molecule has 18 heavy (non-hydrogen) atoms. The van der Waals surface area contributed by atoms with E-state index in [2.05, 4.69) is 12.0 Å². The van der Waals surface area contributed by atoms with Crippen LogP contribution in [0.3, 0.4) is 0 Å². The van der Waals surface area contributed by atoms with Crippen LogP contribution in [0.15, 0.2) is 29.1 Å². The standard InChI is InChI=1S/C15H20N2O/c1-4-5-9-13-12(3)15(18)17(16-13)14-10-7-6-8-11(14)2/h6-8,10,16H,4-5,9H2,1-3H3. The molecule has 0 bridgehead atoms. The van der Waals surface area contributed by atoms with Crippen molar-refractivity contribution in [2.75, 3.05) is 0 Å². The van der Waals surface area contributed by atoms with Crippen LogP contribution in [-0.4, -0.2) is 9.78 Å². The highest BCUT2D eigenvalue weighted by atomic mass is 16.1. The molecule has 1 heterocycles. The Morgan fingerprint density at radius 1 is 1.22 bits per heavy atom. The molecule has 0 unspecified atom stereocenters. The molecule has 0 aliphatic heterocycles. The van der Waals surface area contributed by atoms with E-state index in [1.807, 2.05) is 38.1 Å². The number of hydrogen-bond donors (Lipinski definition) is 1. The Kier molecular flexibility index (Phi) is 3.70. The maximum absolute atomic E-state index is 12.2. The van der Waals surface area contributed by atoms with Gasteiger partial charge in [0.1, 0.15) is 0 Å². The molecule has 1 N–H and O–H groups in total. The lowest BCUT2D eigenvalue weighted by Crippen LogP contribution is -2.16. The highest BCUT2D eigenvalue weighted by Crippen LogP contribution is 2.13. The third-order valence-electron chi connectivity index (χ3n) is 3.36. The molecule has 1 aromatic carbocycles. The summed E-state index contributed by atoms with van der Waals surface area (Å²) in [5.74, 6) is 0. The summed E-state index contributed by atoms with van der Waals surface area (Å²) in [6.07, 6.45) is 3.18. The van der Waals surface area contributed by atoms with Crippen molar-refractivity contribution in [1.82, 2.24) is 9.78 Å². The molecule has 3 heteroatoms. The van der Waals surface area contributed by atoms with Gasteiger partial charge in [0, 0.05) is 11.3 Å². The van der Waals surface area contributed by atoms with E-state index < -0.39 is 0 Å². The molecular weight excluding hydrogens is 224 g/mol. The van der Waals surface area contributed by atoms with E-state index >= 15 is 0 Å². The van der Waals surface area contributed by atoms with Gasteiger partial charge in [-0.05, 0) is 38.3 Å². The van der Waals surface area contributed by atoms with E-state index in [9.17, 15) is 4.79 Å². The lowest BCUT2D eigenvalue weighted by molar-refractivity contribution is 0.745. The smallest absolute Gasteiger partial charge is 0.274 e. The van der Waals surface area contributed by atoms with Gasteiger partial charge in [0.15, 0.2) is 0 Å². The van der Waals surface area contributed by atoms with E-state index in [-0.39, 0.29) is 5.56 Å². The maximum Gasteiger partial charge on any atom is 0.274 e. The number of nitrogens with zero attached hydrogens (tertiary/aromatic N) is 1. The van der Waals surface area contributed by atoms with Crippen molar-refractivity contribution in [2.45, 2.75) is 40.0 Å². The van der Waals surface area contributed by atoms with Gasteiger partial charge in [-0.15, -0.1) is 0 Å². The number of para-hydroxylation sites is 1. The van der Waals surface area contributed by atoms with Crippen molar-refractivity contribution < 1.29 is 0 Å². The van der Waals surface area contributed by atoms with Gasteiger partial charge in [-0.1, -0.05) is 31.5 Å². The Morgan fingerprint density at radius 2 is 1.94 bits per heavy atom. The van der Waals surface area contributed by atoms with Gasteiger partial charge in [0.25, 0.3) is 5.56 Å². The lowest BCUT2D eigenvalue weighted by atomic mass is 10.1. The molecule has 0 amide bonds. The molecule has 0 aliphatic carbocycles. The molecule has 0 fully saturated rings. The molecule has 0 saturated heterocycles. The molecule has 0 spiro atoms. The summed E-state index contributed by atoms with van der Waals surface area (Å²) in [6.45, 7) is 6.08. The van der Waals surface area contributed by atoms with Crippen molar-refractivity contribution in [3.8, 4) is 5.69 Å². The lowest BCUT2D eigenvalue weighted by Gasteiger charge is -2.05. The number of aryl methyl sites for hydroxylation is 2. The predicted molar refractivity (Wildman–Crippen MR) is 74.5 cm³/mol. The number of H-pyrrole nitrogens is 1. The first kappa shape index (κ1) is 12.7. The van der Waals surface area contributed by atoms with Crippen LogP contribution in [0.5, 0.6) is 0 Å². The van der Waals surface area contributed by atoms with Gasteiger partial charge in [-0.2, -0.15) is 0 Å². The largest absolute Gasteiger partial charge is 0.295 e. The first-order chi connectivity index (χ1) is 8.65. The Balaban J connectivity index is 2.47. The summed E-state index contributed by atoms with van der Waals surface area (Å²) >= 11 is 0. The second-order valence-electron chi connectivity index (χ2n) is 4.75. The Labute approximate surface area is 107 Å². The molecule has 0 saturated carbocycles. The molecule has 2 aromatic rings. The van der Waals surface area contributed by atoms with Crippen LogP contribution in [0, 0.1) is 13.8 Å². The Bertz CT molecular complexity index is 593. The van der Waals surface area contributed by atoms with Gasteiger partial charge < -0.3 is 0 Å². The number of rotatable bonds is 4. The minimum absolute atomic E-state index is 0.0652. The first-order valence-electron chi connectivity index (χ1n) is 6.51. The highest BCUT2D eigenvalue weighted by molar-refractivity contribution is 5.40. The van der Waals surface area contributed by atoms with Crippen LogP contribution < -0.4 is 5.56 Å². The van der Waals surface area contributed by atoms with Crippen LogP contribution in [0.1, 0.15) is 36.6 Å². The quantitative estimate of drug-likeness (QED) is 0.881. The van der Waals surface area contributed by atoms with Crippen molar-refractivity contribution >= 4 is 0 Å². The van der Waals surface area contributed by atoms with Crippen LogP contribution >= 0.6 is 0 Å². The fourth-order valence-corrected chi connectivity index (χ4v) is 2.15. The monoisotopic (exact) mass is 244 g/mol. The fourth-order valence-electron chi connectivity index (χ4n) is 2.15. The first-order valence-corrected chi connectivity index (χ1v) is 6.51. The molecular formula is C15H20N2O. The molecule has 0 aliphatic rings. The third-order valence-corrected chi connectivity index (χ3v) is 3.36. The second kappa shape index (κ2) is 5.25. The Hall–Kier alpha value is -1.77. The van der Waals surface area contributed by atoms with Crippen molar-refractivity contribution in [3.63, 3.8) is 0 Å². The molecule has 3 nitrogen and oxygen atoms in total. The fraction of sp³-hybridized carbons (Fsp3) is 0.400. The number of benzene rings is 1. The average molecular weight is 244 g/mol. The summed E-state index contributed by atoms with van der Waals surface area (Å²) in [5.41, 5.74) is 4.00. The summed E-state index contributed by atoms with van der Waals surface area (Å²) < 4.78 is 1.66. The molecule has 2 rings (SSSR count). The zero-order valence-electron chi connectivity index (χ0n) is 11.3. The minimum atomic E-state index is 0.0652. The van der Waals surface area contributed by atoms with Gasteiger partial charge in [0.2, 0.25) is 0 Å². The number of aromatic nitrogens is 2. The van der Waals surface area contributed by atoms with Crippen LogP contribution in [0.2, 0.25) is 0 Å². The minimum Gasteiger partial charge on any atom is -0.295 e. The number of aromatic amines is 1. The number of nitrogens with one attached hydrogen (secondary N) is 1. The SMILES string of the molecule is CCCCc1[nH]n(-c2ccccc2C)c(=O)c1C. The van der Waals surface area contributed by atoms with E-state index in [0.717, 1.165) is 41.8 Å². The van der Waals surface area contributed by atoms with Crippen molar-refractivity contribution in [3.05, 3.63) is 51.4 Å². The molecule has 0 atom stereocenters. The van der Waals surface area contributed by atoms with E-state index in [4.69, 9.17) is 0 Å². The van der Waals surface area contributed by atoms with Gasteiger partial charge in [0.05, 0.1) is 5.69 Å². The summed E-state index contributed by atoms with van der Waals surface area (Å²) in [7, 11) is 0. The predicted octanol–water partition coefficient (Wildman–Crippen LogP) is 3.13. The van der Waals surface area contributed by atoms with Gasteiger partial charge in [-0.25, -0.2) is 4.68 Å². The van der Waals surface area contributed by atoms with Gasteiger partial charge >= 0.3 is 0 Å². The maximum atomic E-state index is 12.2.